The van der Waals surface area contributed by atoms with Gasteiger partial charge in [0.05, 0.1) is 0 Å². The minimum absolute atomic E-state index is 0. The van der Waals surface area contributed by atoms with Crippen LogP contribution in [-0.4, -0.2) is 37.1 Å². The number of hydrogen-bond donors (Lipinski definition) is 1. The summed E-state index contributed by atoms with van der Waals surface area (Å²) in [4.78, 5) is 2.77. The van der Waals surface area contributed by atoms with Gasteiger partial charge in [0.2, 0.25) is 0 Å². The molecule has 0 aromatic heterocycles. The van der Waals surface area contributed by atoms with Crippen LogP contribution in [0.25, 0.3) is 0 Å². The molecule has 1 saturated heterocycles. The second-order valence-electron chi connectivity index (χ2n) is 5.90. The molecule has 0 aromatic carbocycles. The van der Waals surface area contributed by atoms with E-state index in [1.165, 1.54) is 77.5 Å². The number of nitrogens with zero attached hydrogens (tertiary/aromatic N) is 1. The van der Waals surface area contributed by atoms with Crippen molar-refractivity contribution in [2.24, 2.45) is 5.92 Å². The molecule has 1 aliphatic heterocycles. The third-order valence-electron chi connectivity index (χ3n) is 4.78. The highest BCUT2D eigenvalue weighted by molar-refractivity contribution is 5.85. The quantitative estimate of drug-likeness (QED) is 0.826. The fraction of sp³-hybridized carbons (Fsp3) is 1.00. The van der Waals surface area contributed by atoms with Crippen LogP contribution in [0.1, 0.15) is 58.3 Å². The molecular weight excluding hydrogens is 244 g/mol. The highest BCUT2D eigenvalue weighted by Gasteiger charge is 2.21. The predicted molar refractivity (Wildman–Crippen MR) is 81.6 cm³/mol. The van der Waals surface area contributed by atoms with Crippen molar-refractivity contribution < 1.29 is 0 Å². The molecule has 1 aliphatic carbocycles. The molecule has 0 bridgehead atoms. The molecule has 2 aliphatic rings. The molecule has 3 heteroatoms. The zero-order chi connectivity index (χ0) is 11.9. The Kier molecular flexibility index (Phi) is 8.28. The average Bonchev–Trinajstić information content (AvgIpc) is 2.42. The summed E-state index contributed by atoms with van der Waals surface area (Å²) in [6, 6.07) is 0.912. The van der Waals surface area contributed by atoms with Gasteiger partial charge < -0.3 is 10.2 Å². The third kappa shape index (κ3) is 5.07. The lowest BCUT2D eigenvalue weighted by molar-refractivity contribution is 0.149. The first-order valence-corrected chi connectivity index (χ1v) is 7.85. The van der Waals surface area contributed by atoms with Gasteiger partial charge in [0.15, 0.2) is 0 Å². The molecule has 1 heterocycles. The first kappa shape index (κ1) is 16.3. The third-order valence-corrected chi connectivity index (χ3v) is 4.78. The molecule has 1 saturated carbocycles. The normalized spacial score (nSPS) is 23.0. The average molecular weight is 275 g/mol. The topological polar surface area (TPSA) is 15.3 Å². The molecule has 2 nitrogen and oxygen atoms in total. The van der Waals surface area contributed by atoms with E-state index in [1.54, 1.807) is 0 Å². The summed E-state index contributed by atoms with van der Waals surface area (Å²) in [6.07, 6.45) is 11.6. The molecule has 0 spiro atoms. The maximum Gasteiger partial charge on any atom is 0.00951 e. The Morgan fingerprint density at radius 2 is 1.67 bits per heavy atom. The molecular formula is C15H31ClN2. The molecule has 0 amide bonds. The van der Waals surface area contributed by atoms with Crippen molar-refractivity contribution >= 4 is 12.4 Å². The van der Waals surface area contributed by atoms with Crippen LogP contribution in [-0.2, 0) is 0 Å². The Bertz CT molecular complexity index is 199. The summed E-state index contributed by atoms with van der Waals surface area (Å²) in [7, 11) is 0. The fourth-order valence-corrected chi connectivity index (χ4v) is 3.56. The maximum absolute atomic E-state index is 3.47. The molecule has 0 atom stereocenters. The van der Waals surface area contributed by atoms with Crippen molar-refractivity contribution in [1.82, 2.24) is 10.2 Å². The van der Waals surface area contributed by atoms with Crippen molar-refractivity contribution in [3.8, 4) is 0 Å². The maximum atomic E-state index is 3.47. The summed E-state index contributed by atoms with van der Waals surface area (Å²) in [5.41, 5.74) is 0. The largest absolute Gasteiger partial charge is 0.317 e. The van der Waals surface area contributed by atoms with Crippen LogP contribution in [0.15, 0.2) is 0 Å². The molecule has 108 valence electrons. The summed E-state index contributed by atoms with van der Waals surface area (Å²) in [5, 5.41) is 3.47. The van der Waals surface area contributed by atoms with Gasteiger partial charge in [-0.3, -0.25) is 0 Å². The fourth-order valence-electron chi connectivity index (χ4n) is 3.56. The van der Waals surface area contributed by atoms with Crippen molar-refractivity contribution in [2.45, 2.75) is 64.3 Å². The van der Waals surface area contributed by atoms with Gasteiger partial charge in [0.25, 0.3) is 0 Å². The Balaban J connectivity index is 0.00000162. The van der Waals surface area contributed by atoms with E-state index < -0.39 is 0 Å². The van der Waals surface area contributed by atoms with Gasteiger partial charge in [-0.1, -0.05) is 26.2 Å². The van der Waals surface area contributed by atoms with Gasteiger partial charge in [0, 0.05) is 6.04 Å². The lowest BCUT2D eigenvalue weighted by Crippen LogP contribution is -2.38. The Hall–Kier alpha value is 0.210. The Morgan fingerprint density at radius 1 is 1.00 bits per heavy atom. The summed E-state index contributed by atoms with van der Waals surface area (Å²) >= 11 is 0. The van der Waals surface area contributed by atoms with E-state index in [4.69, 9.17) is 0 Å². The summed E-state index contributed by atoms with van der Waals surface area (Å²) < 4.78 is 0. The van der Waals surface area contributed by atoms with Gasteiger partial charge >= 0.3 is 0 Å². The second-order valence-corrected chi connectivity index (χ2v) is 5.90. The number of rotatable bonds is 5. The predicted octanol–water partition coefficient (Wildman–Crippen LogP) is 3.45. The summed E-state index contributed by atoms with van der Waals surface area (Å²) in [6.45, 7) is 7.46. The number of halogens is 1. The zero-order valence-corrected chi connectivity index (χ0v) is 12.8. The van der Waals surface area contributed by atoms with Crippen LogP contribution in [0.4, 0.5) is 0 Å². The SMILES string of the molecule is CCN(CCC1CCNCC1)C1CCCCC1.Cl. The van der Waals surface area contributed by atoms with Crippen LogP contribution in [0.2, 0.25) is 0 Å². The molecule has 0 aromatic rings. The van der Waals surface area contributed by atoms with Gasteiger partial charge in [0.1, 0.15) is 0 Å². The van der Waals surface area contributed by atoms with E-state index in [9.17, 15) is 0 Å². The van der Waals surface area contributed by atoms with Crippen LogP contribution in [0, 0.1) is 5.92 Å². The Morgan fingerprint density at radius 3 is 2.28 bits per heavy atom. The minimum Gasteiger partial charge on any atom is -0.317 e. The van der Waals surface area contributed by atoms with Crippen molar-refractivity contribution in [2.75, 3.05) is 26.2 Å². The zero-order valence-electron chi connectivity index (χ0n) is 12.0. The van der Waals surface area contributed by atoms with Crippen LogP contribution in [0.5, 0.6) is 0 Å². The van der Waals surface area contributed by atoms with E-state index in [1.807, 2.05) is 0 Å². The number of hydrogen-bond acceptors (Lipinski definition) is 2. The molecule has 2 fully saturated rings. The van der Waals surface area contributed by atoms with E-state index in [-0.39, 0.29) is 12.4 Å². The summed E-state index contributed by atoms with van der Waals surface area (Å²) in [5.74, 6) is 0.994. The van der Waals surface area contributed by atoms with Crippen molar-refractivity contribution in [1.29, 1.82) is 0 Å². The monoisotopic (exact) mass is 274 g/mol. The first-order valence-electron chi connectivity index (χ1n) is 7.85. The minimum atomic E-state index is 0. The molecule has 1 N–H and O–H groups in total. The van der Waals surface area contributed by atoms with Crippen molar-refractivity contribution in [3.05, 3.63) is 0 Å². The van der Waals surface area contributed by atoms with Gasteiger partial charge in [-0.15, -0.1) is 12.4 Å². The van der Waals surface area contributed by atoms with Gasteiger partial charge in [-0.05, 0) is 64.2 Å². The lowest BCUT2D eigenvalue weighted by Gasteiger charge is -2.35. The van der Waals surface area contributed by atoms with E-state index in [0.29, 0.717) is 0 Å². The molecule has 18 heavy (non-hydrogen) atoms. The van der Waals surface area contributed by atoms with E-state index in [0.717, 1.165) is 12.0 Å². The van der Waals surface area contributed by atoms with Gasteiger partial charge in [-0.25, -0.2) is 0 Å². The second kappa shape index (κ2) is 9.17. The van der Waals surface area contributed by atoms with Crippen LogP contribution < -0.4 is 5.32 Å². The standard InChI is InChI=1S/C15H30N2.ClH/c1-2-17(15-6-4-3-5-7-15)13-10-14-8-11-16-12-9-14;/h14-16H,2-13H2,1H3;1H. The molecule has 0 unspecified atom stereocenters. The number of nitrogens with one attached hydrogen (secondary N) is 1. The highest BCUT2D eigenvalue weighted by atomic mass is 35.5. The van der Waals surface area contributed by atoms with E-state index in [2.05, 4.69) is 17.1 Å². The van der Waals surface area contributed by atoms with Crippen LogP contribution >= 0.6 is 12.4 Å². The molecule has 2 rings (SSSR count). The molecule has 0 radical (unpaired) electrons. The first-order chi connectivity index (χ1) is 8.40. The van der Waals surface area contributed by atoms with E-state index >= 15 is 0 Å². The lowest BCUT2D eigenvalue weighted by atomic mass is 9.91. The van der Waals surface area contributed by atoms with Crippen molar-refractivity contribution in [3.63, 3.8) is 0 Å². The smallest absolute Gasteiger partial charge is 0.00951 e. The number of piperidine rings is 1. The van der Waals surface area contributed by atoms with Gasteiger partial charge in [-0.2, -0.15) is 0 Å². The highest BCUT2D eigenvalue weighted by Crippen LogP contribution is 2.24. The van der Waals surface area contributed by atoms with Crippen LogP contribution in [0.3, 0.4) is 0 Å². The Labute approximate surface area is 119 Å².